The fourth-order valence-electron chi connectivity index (χ4n) is 2.99. The maximum absolute atomic E-state index is 13.5. The molecule has 1 heterocycles. The molecule has 3 aromatic rings. The van der Waals surface area contributed by atoms with Crippen molar-refractivity contribution < 1.29 is 9.18 Å². The molecule has 1 amide bonds. The van der Waals surface area contributed by atoms with E-state index >= 15 is 0 Å². The maximum atomic E-state index is 13.5. The number of aromatic nitrogens is 1. The Labute approximate surface area is 161 Å². The Kier molecular flexibility index (Phi) is 5.86. The highest BCUT2D eigenvalue weighted by molar-refractivity contribution is 7.16. The summed E-state index contributed by atoms with van der Waals surface area (Å²) < 4.78 is 16.1. The summed E-state index contributed by atoms with van der Waals surface area (Å²) in [6.07, 6.45) is 1.73. The van der Waals surface area contributed by atoms with Crippen molar-refractivity contribution >= 4 is 33.1 Å². The lowest BCUT2D eigenvalue weighted by atomic mass is 10.2. The van der Waals surface area contributed by atoms with Gasteiger partial charge in [0.2, 0.25) is 0 Å². The Hall–Kier alpha value is -2.73. The predicted octanol–water partition coefficient (Wildman–Crippen LogP) is 4.62. The third kappa shape index (κ3) is 4.01. The molecule has 0 fully saturated rings. The molecule has 0 atom stereocenters. The van der Waals surface area contributed by atoms with E-state index in [4.69, 9.17) is 0 Å². The molecule has 0 spiro atoms. The lowest BCUT2D eigenvalue weighted by Gasteiger charge is -2.20. The first-order valence-electron chi connectivity index (χ1n) is 8.91. The number of fused-ring (bicyclic) bond motifs is 1. The van der Waals surface area contributed by atoms with Crippen LogP contribution in [0.3, 0.4) is 0 Å². The van der Waals surface area contributed by atoms with E-state index in [0.29, 0.717) is 16.9 Å². The summed E-state index contributed by atoms with van der Waals surface area (Å²) in [5, 5.41) is 0. The van der Waals surface area contributed by atoms with Crippen LogP contribution in [-0.2, 0) is 6.54 Å². The Morgan fingerprint density at radius 2 is 1.93 bits per heavy atom. The van der Waals surface area contributed by atoms with E-state index in [-0.39, 0.29) is 11.7 Å². The van der Waals surface area contributed by atoms with Gasteiger partial charge in [-0.3, -0.25) is 4.79 Å². The molecule has 2 aromatic carbocycles. The molecule has 0 saturated carbocycles. The number of carbonyl (C=O) groups excluding carboxylic acids is 1. The molecule has 0 aliphatic heterocycles. The molecule has 1 aromatic heterocycles. The highest BCUT2D eigenvalue weighted by Crippen LogP contribution is 2.19. The van der Waals surface area contributed by atoms with E-state index in [1.54, 1.807) is 24.3 Å². The summed E-state index contributed by atoms with van der Waals surface area (Å²) in [7, 11) is 0. The lowest BCUT2D eigenvalue weighted by molar-refractivity contribution is 0.0998. The molecule has 0 unspecified atom stereocenters. The van der Waals surface area contributed by atoms with Gasteiger partial charge in [0, 0.05) is 30.9 Å². The van der Waals surface area contributed by atoms with Gasteiger partial charge >= 0.3 is 0 Å². The molecule has 0 aliphatic carbocycles. The van der Waals surface area contributed by atoms with Gasteiger partial charge in [-0.15, -0.1) is 6.58 Å². The third-order valence-electron chi connectivity index (χ3n) is 4.40. The lowest BCUT2D eigenvalue weighted by Crippen LogP contribution is -2.21. The topological polar surface area (TPSA) is 37.6 Å². The summed E-state index contributed by atoms with van der Waals surface area (Å²) in [6, 6.07) is 12.0. The van der Waals surface area contributed by atoms with Gasteiger partial charge < -0.3 is 9.47 Å². The van der Waals surface area contributed by atoms with E-state index in [1.807, 2.05) is 16.7 Å². The maximum Gasteiger partial charge on any atom is 0.279 e. The van der Waals surface area contributed by atoms with Crippen molar-refractivity contribution in [2.45, 2.75) is 20.4 Å². The van der Waals surface area contributed by atoms with E-state index in [1.165, 1.54) is 23.5 Å². The average molecular weight is 383 g/mol. The monoisotopic (exact) mass is 383 g/mol. The zero-order valence-electron chi connectivity index (χ0n) is 15.5. The van der Waals surface area contributed by atoms with Crippen LogP contribution in [0.25, 0.3) is 10.2 Å². The summed E-state index contributed by atoms with van der Waals surface area (Å²) in [4.78, 5) is 19.7. The van der Waals surface area contributed by atoms with Crippen LogP contribution in [0.1, 0.15) is 24.2 Å². The Balaban J connectivity index is 1.99. The molecule has 0 N–H and O–H groups in total. The predicted molar refractivity (Wildman–Crippen MR) is 110 cm³/mol. The minimum Gasteiger partial charge on any atom is -0.372 e. The second-order valence-electron chi connectivity index (χ2n) is 6.03. The van der Waals surface area contributed by atoms with Crippen molar-refractivity contribution in [1.29, 1.82) is 0 Å². The van der Waals surface area contributed by atoms with Gasteiger partial charge in [0.05, 0.1) is 10.2 Å². The number of anilines is 1. The molecule has 6 heteroatoms. The summed E-state index contributed by atoms with van der Waals surface area (Å²) in [5.74, 6) is -0.620. The normalized spacial score (nSPS) is 11.7. The number of carbonyl (C=O) groups is 1. The van der Waals surface area contributed by atoms with Gasteiger partial charge in [-0.25, -0.2) is 4.39 Å². The molecule has 0 saturated heterocycles. The zero-order valence-corrected chi connectivity index (χ0v) is 16.3. The van der Waals surface area contributed by atoms with E-state index in [0.717, 1.165) is 29.0 Å². The average Bonchev–Trinajstić information content (AvgIpc) is 3.00. The minimum absolute atomic E-state index is 0.306. The molecular weight excluding hydrogens is 361 g/mol. The van der Waals surface area contributed by atoms with Crippen LogP contribution in [0, 0.1) is 5.82 Å². The quantitative estimate of drug-likeness (QED) is 0.583. The van der Waals surface area contributed by atoms with Gasteiger partial charge in [0.1, 0.15) is 5.82 Å². The Morgan fingerprint density at radius 3 is 2.56 bits per heavy atom. The molecular formula is C21H22FN3OS. The van der Waals surface area contributed by atoms with E-state index < -0.39 is 0 Å². The number of hydrogen-bond donors (Lipinski definition) is 0. The van der Waals surface area contributed by atoms with Gasteiger partial charge in [0.15, 0.2) is 4.80 Å². The second-order valence-corrected chi connectivity index (χ2v) is 7.04. The van der Waals surface area contributed by atoms with Gasteiger partial charge in [-0.2, -0.15) is 4.99 Å². The molecule has 0 bridgehead atoms. The number of halogens is 1. The van der Waals surface area contributed by atoms with Gasteiger partial charge in [-0.1, -0.05) is 17.4 Å². The largest absolute Gasteiger partial charge is 0.372 e. The van der Waals surface area contributed by atoms with E-state index in [2.05, 4.69) is 30.3 Å². The number of amides is 1. The van der Waals surface area contributed by atoms with Crippen molar-refractivity contribution in [3.05, 3.63) is 71.3 Å². The van der Waals surface area contributed by atoms with Crippen LogP contribution in [0.2, 0.25) is 0 Å². The highest BCUT2D eigenvalue weighted by atomic mass is 32.1. The van der Waals surface area contributed by atoms with Crippen LogP contribution in [0.4, 0.5) is 10.1 Å². The first-order chi connectivity index (χ1) is 13.1. The fourth-order valence-corrected chi connectivity index (χ4v) is 4.06. The van der Waals surface area contributed by atoms with Crippen LogP contribution in [0.15, 0.2) is 60.1 Å². The van der Waals surface area contributed by atoms with Crippen molar-refractivity contribution in [1.82, 2.24) is 4.57 Å². The number of benzene rings is 2. The number of nitrogens with zero attached hydrogens (tertiary/aromatic N) is 3. The Bertz CT molecular complexity index is 1030. The van der Waals surface area contributed by atoms with Crippen molar-refractivity contribution in [3.63, 3.8) is 0 Å². The number of allylic oxidation sites excluding steroid dienone is 1. The summed E-state index contributed by atoms with van der Waals surface area (Å²) >= 11 is 1.30. The number of hydrogen-bond acceptors (Lipinski definition) is 3. The molecule has 0 aliphatic rings. The smallest absolute Gasteiger partial charge is 0.279 e. The number of thiazole rings is 1. The highest BCUT2D eigenvalue weighted by Gasteiger charge is 2.10. The van der Waals surface area contributed by atoms with Gasteiger partial charge in [0.25, 0.3) is 5.91 Å². The number of rotatable bonds is 6. The summed E-state index contributed by atoms with van der Waals surface area (Å²) in [5.41, 5.74) is 2.44. The fraction of sp³-hybridized carbons (Fsp3) is 0.238. The van der Waals surface area contributed by atoms with Crippen molar-refractivity contribution in [3.8, 4) is 0 Å². The zero-order chi connectivity index (χ0) is 19.4. The van der Waals surface area contributed by atoms with Crippen LogP contribution in [0.5, 0.6) is 0 Å². The van der Waals surface area contributed by atoms with Gasteiger partial charge in [-0.05, 0) is 56.3 Å². The molecule has 27 heavy (non-hydrogen) atoms. The molecule has 0 radical (unpaired) electrons. The molecule has 3 rings (SSSR count). The van der Waals surface area contributed by atoms with Crippen LogP contribution in [-0.4, -0.2) is 23.6 Å². The van der Waals surface area contributed by atoms with Crippen molar-refractivity contribution in [2.75, 3.05) is 18.0 Å². The first-order valence-corrected chi connectivity index (χ1v) is 9.72. The third-order valence-corrected chi connectivity index (χ3v) is 5.44. The van der Waals surface area contributed by atoms with Crippen molar-refractivity contribution in [2.24, 2.45) is 4.99 Å². The SMILES string of the molecule is C=CCn1c(=NC(=O)c2ccc(N(CC)CC)cc2)sc2cc(F)ccc21. The molecule has 140 valence electrons. The van der Waals surface area contributed by atoms with Crippen LogP contribution >= 0.6 is 11.3 Å². The van der Waals surface area contributed by atoms with Crippen LogP contribution < -0.4 is 9.70 Å². The standard InChI is InChI=1S/C21H22FN3OS/c1-4-13-25-18-12-9-16(22)14-19(18)27-21(25)23-20(26)15-7-10-17(11-8-15)24(5-2)6-3/h4,7-12,14H,1,5-6,13H2,2-3H3. The van der Waals surface area contributed by atoms with E-state index in [9.17, 15) is 9.18 Å². The summed E-state index contributed by atoms with van der Waals surface area (Å²) in [6.45, 7) is 10.3. The first kappa shape index (κ1) is 19.0. The minimum atomic E-state index is -0.314. The Morgan fingerprint density at radius 1 is 1.22 bits per heavy atom. The second kappa shape index (κ2) is 8.31. The molecule has 4 nitrogen and oxygen atoms in total.